The van der Waals surface area contributed by atoms with E-state index in [1.54, 1.807) is 0 Å². The lowest BCUT2D eigenvalue weighted by atomic mass is 10.3. The molecule has 0 saturated carbocycles. The van der Waals surface area contributed by atoms with Crippen molar-refractivity contribution in [1.82, 2.24) is 0 Å². The number of anilines is 1. The zero-order valence-electron chi connectivity index (χ0n) is 12.2. The van der Waals surface area contributed by atoms with Crippen LogP contribution < -0.4 is 4.31 Å². The van der Waals surface area contributed by atoms with Crippen molar-refractivity contribution < 1.29 is 18.1 Å². The summed E-state index contributed by atoms with van der Waals surface area (Å²) in [7, 11) is -4.40. The maximum absolute atomic E-state index is 12.9. The molecule has 0 spiro atoms. The van der Waals surface area contributed by atoms with Crippen molar-refractivity contribution in [3.8, 4) is 0 Å². The molecule has 25 heavy (non-hydrogen) atoms. The molecule has 0 aliphatic heterocycles. The van der Waals surface area contributed by atoms with Crippen LogP contribution >= 0.6 is 34.8 Å². The molecule has 0 aromatic heterocycles. The molecule has 2 aromatic carbocycles. The number of halogens is 3. The predicted octanol–water partition coefficient (Wildman–Crippen LogP) is 3.86. The van der Waals surface area contributed by atoms with Crippen LogP contribution in [0, 0.1) is 10.1 Å². The molecular weight excluding hydrogens is 415 g/mol. The van der Waals surface area contributed by atoms with Gasteiger partial charge in [0.2, 0.25) is 5.24 Å². The Morgan fingerprint density at radius 1 is 1.12 bits per heavy atom. The molecule has 11 heteroatoms. The molecule has 0 unspecified atom stereocenters. The highest BCUT2D eigenvalue weighted by atomic mass is 35.5. The molecule has 0 N–H and O–H groups in total. The number of nitrogens with zero attached hydrogens (tertiary/aromatic N) is 2. The van der Waals surface area contributed by atoms with E-state index in [-0.39, 0.29) is 15.7 Å². The highest BCUT2D eigenvalue weighted by Crippen LogP contribution is 2.37. The first-order valence-corrected chi connectivity index (χ1v) is 9.11. The summed E-state index contributed by atoms with van der Waals surface area (Å²) in [5.74, 6) is 0. The maximum atomic E-state index is 12.9. The van der Waals surface area contributed by atoms with E-state index in [1.165, 1.54) is 24.3 Å². The third-order valence-corrected chi connectivity index (χ3v) is 5.54. The van der Waals surface area contributed by atoms with Gasteiger partial charge in [-0.25, -0.2) is 8.42 Å². The Kier molecular flexibility index (Phi) is 5.89. The number of hydrogen-bond donors (Lipinski definition) is 0. The summed E-state index contributed by atoms with van der Waals surface area (Å²) in [5.41, 5.74) is -0.574. The number of carbonyl (C=O) groups excluding carboxylic acids is 1. The van der Waals surface area contributed by atoms with E-state index in [0.29, 0.717) is 4.31 Å². The first kappa shape index (κ1) is 19.5. The highest BCUT2D eigenvalue weighted by Gasteiger charge is 2.31. The predicted molar refractivity (Wildman–Crippen MR) is 95.0 cm³/mol. The fourth-order valence-electron chi connectivity index (χ4n) is 2.01. The minimum Gasteiger partial charge on any atom is -0.279 e. The molecule has 0 saturated heterocycles. The zero-order chi connectivity index (χ0) is 18.8. The molecule has 0 atom stereocenters. The minimum absolute atomic E-state index is 0.0283. The van der Waals surface area contributed by atoms with Crippen LogP contribution in [0.25, 0.3) is 0 Å². The first-order valence-electron chi connectivity index (χ1n) is 6.54. The number of sulfonamides is 1. The lowest BCUT2D eigenvalue weighted by Crippen LogP contribution is -2.35. The van der Waals surface area contributed by atoms with Crippen molar-refractivity contribution >= 4 is 61.4 Å². The van der Waals surface area contributed by atoms with Gasteiger partial charge in [-0.2, -0.15) is 0 Å². The van der Waals surface area contributed by atoms with Gasteiger partial charge in [0, 0.05) is 12.1 Å². The summed E-state index contributed by atoms with van der Waals surface area (Å²) in [6.45, 7) is -0.754. The third kappa shape index (κ3) is 4.21. The topological polar surface area (TPSA) is 97.6 Å². The van der Waals surface area contributed by atoms with Crippen LogP contribution in [0.2, 0.25) is 10.0 Å². The number of rotatable bonds is 6. The zero-order valence-corrected chi connectivity index (χ0v) is 15.3. The van der Waals surface area contributed by atoms with Gasteiger partial charge >= 0.3 is 0 Å². The molecule has 2 rings (SSSR count). The standard InChI is InChI=1S/C14H9Cl3N2O5S/c15-11-5-2-6-12(16)14(11)18(8-13(17)20)25(23,24)10-4-1-3-9(7-10)19(21)22/h1-7H,8H2. The van der Waals surface area contributed by atoms with Gasteiger partial charge in [-0.1, -0.05) is 35.3 Å². The summed E-state index contributed by atoms with van der Waals surface area (Å²) in [6, 6.07) is 8.63. The fourth-order valence-corrected chi connectivity index (χ4v) is 4.40. The number of nitro groups is 1. The second-order valence-electron chi connectivity index (χ2n) is 4.69. The quantitative estimate of drug-likeness (QED) is 0.399. The Morgan fingerprint density at radius 2 is 1.68 bits per heavy atom. The van der Waals surface area contributed by atoms with Gasteiger partial charge in [-0.15, -0.1) is 0 Å². The smallest absolute Gasteiger partial charge is 0.270 e. The summed E-state index contributed by atoms with van der Waals surface area (Å²) >= 11 is 17.4. The molecule has 7 nitrogen and oxygen atoms in total. The van der Waals surface area contributed by atoms with Gasteiger partial charge < -0.3 is 0 Å². The van der Waals surface area contributed by atoms with Crippen molar-refractivity contribution in [2.45, 2.75) is 4.90 Å². The van der Waals surface area contributed by atoms with Gasteiger partial charge in [-0.3, -0.25) is 19.2 Å². The molecule has 0 bridgehead atoms. The van der Waals surface area contributed by atoms with Crippen molar-refractivity contribution in [3.05, 3.63) is 62.6 Å². The average molecular weight is 424 g/mol. The van der Waals surface area contributed by atoms with Gasteiger partial charge in [0.25, 0.3) is 15.7 Å². The van der Waals surface area contributed by atoms with E-state index >= 15 is 0 Å². The molecule has 132 valence electrons. The molecule has 0 aliphatic rings. The number of benzene rings is 2. The normalized spacial score (nSPS) is 11.2. The Labute approximate surface area is 157 Å². The monoisotopic (exact) mass is 422 g/mol. The lowest BCUT2D eigenvalue weighted by molar-refractivity contribution is -0.385. The Bertz CT molecular complexity index is 929. The SMILES string of the molecule is O=C(Cl)CN(c1c(Cl)cccc1Cl)S(=O)(=O)c1cccc([N+](=O)[O-])c1. The van der Waals surface area contributed by atoms with Crippen molar-refractivity contribution in [2.75, 3.05) is 10.8 Å². The Morgan fingerprint density at radius 3 is 2.20 bits per heavy atom. The maximum Gasteiger partial charge on any atom is 0.270 e. The van der Waals surface area contributed by atoms with Crippen molar-refractivity contribution in [2.24, 2.45) is 0 Å². The summed E-state index contributed by atoms with van der Waals surface area (Å²) < 4.78 is 26.5. The van der Waals surface area contributed by atoms with Gasteiger partial charge in [-0.05, 0) is 29.8 Å². The number of non-ortho nitro benzene ring substituents is 1. The van der Waals surface area contributed by atoms with E-state index in [9.17, 15) is 23.3 Å². The van der Waals surface area contributed by atoms with Crippen molar-refractivity contribution in [1.29, 1.82) is 0 Å². The lowest BCUT2D eigenvalue weighted by Gasteiger charge is -2.24. The second kappa shape index (κ2) is 7.57. The molecule has 2 aromatic rings. The Balaban J connectivity index is 2.67. The van der Waals surface area contributed by atoms with E-state index in [2.05, 4.69) is 0 Å². The molecule has 0 aliphatic carbocycles. The largest absolute Gasteiger partial charge is 0.279 e. The van der Waals surface area contributed by atoms with Crippen LogP contribution in [-0.4, -0.2) is 25.1 Å². The third-order valence-electron chi connectivity index (χ3n) is 3.07. The number of nitro benzene ring substituents is 1. The van der Waals surface area contributed by atoms with Crippen LogP contribution in [0.4, 0.5) is 11.4 Å². The first-order chi connectivity index (χ1) is 11.6. The van der Waals surface area contributed by atoms with Gasteiger partial charge in [0.15, 0.2) is 0 Å². The van der Waals surface area contributed by atoms with Crippen LogP contribution in [0.5, 0.6) is 0 Å². The fraction of sp³-hybridized carbons (Fsp3) is 0.0714. The van der Waals surface area contributed by atoms with Crippen molar-refractivity contribution in [3.63, 3.8) is 0 Å². The van der Waals surface area contributed by atoms with Crippen LogP contribution in [0.3, 0.4) is 0 Å². The number of para-hydroxylation sites is 1. The van der Waals surface area contributed by atoms with Gasteiger partial charge in [0.05, 0.1) is 25.6 Å². The van der Waals surface area contributed by atoms with Crippen LogP contribution in [0.1, 0.15) is 0 Å². The van der Waals surface area contributed by atoms with Crippen LogP contribution in [-0.2, 0) is 14.8 Å². The van der Waals surface area contributed by atoms with Crippen LogP contribution in [0.15, 0.2) is 47.4 Å². The molecule has 0 amide bonds. The molecule has 0 heterocycles. The van der Waals surface area contributed by atoms with Gasteiger partial charge in [0.1, 0.15) is 6.54 Å². The van der Waals surface area contributed by atoms with E-state index in [4.69, 9.17) is 34.8 Å². The summed E-state index contributed by atoms with van der Waals surface area (Å²) in [4.78, 5) is 21.1. The number of hydrogen-bond acceptors (Lipinski definition) is 5. The van der Waals surface area contributed by atoms with E-state index in [1.807, 2.05) is 0 Å². The molecular formula is C14H9Cl3N2O5S. The molecule has 0 radical (unpaired) electrons. The number of carbonyl (C=O) groups is 1. The average Bonchev–Trinajstić information content (AvgIpc) is 2.53. The van der Waals surface area contributed by atoms with E-state index < -0.39 is 37.3 Å². The summed E-state index contributed by atoms with van der Waals surface area (Å²) in [6.07, 6.45) is 0. The Hall–Kier alpha value is -1.87. The van der Waals surface area contributed by atoms with E-state index in [0.717, 1.165) is 18.2 Å². The summed E-state index contributed by atoms with van der Waals surface area (Å²) in [5, 5.41) is 9.85. The molecule has 0 fully saturated rings. The second-order valence-corrected chi connectivity index (χ2v) is 7.79. The highest BCUT2D eigenvalue weighted by molar-refractivity contribution is 7.93. The minimum atomic E-state index is -4.40.